The number of halogens is 2. The number of carbonyl (C=O) groups is 2. The third-order valence-corrected chi connectivity index (χ3v) is 4.80. The fourth-order valence-corrected chi connectivity index (χ4v) is 3.44. The van der Waals surface area contributed by atoms with Gasteiger partial charge in [0, 0.05) is 12.2 Å². The molecule has 2 amide bonds. The summed E-state index contributed by atoms with van der Waals surface area (Å²) < 4.78 is 18.4. The summed E-state index contributed by atoms with van der Waals surface area (Å²) >= 11 is 5.78. The number of esters is 1. The van der Waals surface area contributed by atoms with E-state index in [1.165, 1.54) is 18.2 Å². The summed E-state index contributed by atoms with van der Waals surface area (Å²) in [4.78, 5) is 26.5. The van der Waals surface area contributed by atoms with Gasteiger partial charge in [-0.1, -0.05) is 35.9 Å². The van der Waals surface area contributed by atoms with Crippen LogP contribution in [0.3, 0.4) is 0 Å². The molecule has 27 heavy (non-hydrogen) atoms. The molecule has 1 aliphatic rings. The highest BCUT2D eigenvalue weighted by molar-refractivity contribution is 6.31. The van der Waals surface area contributed by atoms with Crippen LogP contribution < -0.4 is 5.32 Å². The number of benzene rings is 2. The predicted molar refractivity (Wildman–Crippen MR) is 101 cm³/mol. The van der Waals surface area contributed by atoms with Gasteiger partial charge in [0.15, 0.2) is 0 Å². The van der Waals surface area contributed by atoms with E-state index in [2.05, 4.69) is 5.32 Å². The Kier molecular flexibility index (Phi) is 5.96. The molecular weight excluding hydrogens is 371 g/mol. The Morgan fingerprint density at radius 2 is 2.07 bits per heavy atom. The van der Waals surface area contributed by atoms with Crippen LogP contribution in [0.1, 0.15) is 30.5 Å². The predicted octanol–water partition coefficient (Wildman–Crippen LogP) is 4.56. The van der Waals surface area contributed by atoms with Gasteiger partial charge in [-0.3, -0.25) is 4.79 Å². The summed E-state index contributed by atoms with van der Waals surface area (Å²) in [5, 5.41) is 2.66. The van der Waals surface area contributed by atoms with Crippen molar-refractivity contribution < 1.29 is 18.7 Å². The van der Waals surface area contributed by atoms with Crippen LogP contribution in [0.15, 0.2) is 42.5 Å². The lowest BCUT2D eigenvalue weighted by Gasteiger charge is -2.37. The zero-order chi connectivity index (χ0) is 19.4. The van der Waals surface area contributed by atoms with Crippen LogP contribution in [0.4, 0.5) is 14.9 Å². The molecule has 0 fully saturated rings. The maximum atomic E-state index is 13.3. The van der Waals surface area contributed by atoms with Gasteiger partial charge in [-0.05, 0) is 42.7 Å². The van der Waals surface area contributed by atoms with Gasteiger partial charge in [0.25, 0.3) is 0 Å². The summed E-state index contributed by atoms with van der Waals surface area (Å²) in [6.07, 6.45) is 0.759. The van der Waals surface area contributed by atoms with Crippen molar-refractivity contribution in [1.82, 2.24) is 4.90 Å². The largest absolute Gasteiger partial charge is 0.466 e. The first kappa shape index (κ1) is 19.2. The molecular formula is C20H20ClFN2O3. The number of hydrogen-bond donors (Lipinski definition) is 1. The Hall–Kier alpha value is -2.60. The average molecular weight is 391 g/mol. The van der Waals surface area contributed by atoms with Crippen LogP contribution in [-0.4, -0.2) is 30.1 Å². The summed E-state index contributed by atoms with van der Waals surface area (Å²) in [7, 11) is 0. The van der Waals surface area contributed by atoms with E-state index in [1.54, 1.807) is 11.8 Å². The minimum atomic E-state index is -0.554. The van der Waals surface area contributed by atoms with Gasteiger partial charge in [0.1, 0.15) is 5.82 Å². The van der Waals surface area contributed by atoms with Gasteiger partial charge in [-0.15, -0.1) is 0 Å². The van der Waals surface area contributed by atoms with E-state index in [-0.39, 0.29) is 30.1 Å². The molecule has 0 bridgehead atoms. The molecule has 0 saturated heterocycles. The Balaban J connectivity index is 1.84. The molecule has 2 aromatic rings. The van der Waals surface area contributed by atoms with Gasteiger partial charge in [0.05, 0.1) is 24.1 Å². The van der Waals surface area contributed by atoms with Crippen LogP contribution in [0.25, 0.3) is 0 Å². The van der Waals surface area contributed by atoms with Crippen molar-refractivity contribution in [2.24, 2.45) is 0 Å². The molecule has 3 rings (SSSR count). The van der Waals surface area contributed by atoms with Gasteiger partial charge in [-0.25, -0.2) is 9.18 Å². The zero-order valence-corrected chi connectivity index (χ0v) is 15.6. The van der Waals surface area contributed by atoms with Crippen LogP contribution in [0, 0.1) is 5.82 Å². The average Bonchev–Trinajstić information content (AvgIpc) is 2.65. The van der Waals surface area contributed by atoms with E-state index in [0.717, 1.165) is 11.1 Å². The summed E-state index contributed by atoms with van der Waals surface area (Å²) in [5.41, 5.74) is 2.44. The highest BCUT2D eigenvalue weighted by atomic mass is 35.5. The number of hydrogen-bond acceptors (Lipinski definition) is 3. The minimum absolute atomic E-state index is 0.0696. The van der Waals surface area contributed by atoms with Crippen molar-refractivity contribution in [2.45, 2.75) is 25.8 Å². The molecule has 0 spiro atoms. The van der Waals surface area contributed by atoms with Crippen LogP contribution in [0.2, 0.25) is 5.02 Å². The second kappa shape index (κ2) is 8.39. The normalized spacial score (nSPS) is 15.8. The minimum Gasteiger partial charge on any atom is -0.466 e. The molecule has 0 aromatic heterocycles. The quantitative estimate of drug-likeness (QED) is 0.778. The van der Waals surface area contributed by atoms with E-state index in [0.29, 0.717) is 18.7 Å². The molecule has 2 aromatic carbocycles. The number of anilines is 1. The highest BCUT2D eigenvalue weighted by Crippen LogP contribution is 2.33. The van der Waals surface area contributed by atoms with Gasteiger partial charge in [-0.2, -0.15) is 0 Å². The van der Waals surface area contributed by atoms with Crippen molar-refractivity contribution in [3.63, 3.8) is 0 Å². The molecule has 1 N–H and O–H groups in total. The number of ether oxygens (including phenoxy) is 1. The Bertz CT molecular complexity index is 859. The fraction of sp³-hybridized carbons (Fsp3) is 0.300. The third kappa shape index (κ3) is 4.39. The monoisotopic (exact) mass is 390 g/mol. The van der Waals surface area contributed by atoms with Crippen molar-refractivity contribution in [3.8, 4) is 0 Å². The first-order chi connectivity index (χ1) is 13.0. The van der Waals surface area contributed by atoms with E-state index < -0.39 is 11.9 Å². The molecule has 5 nitrogen and oxygen atoms in total. The molecule has 1 atom stereocenters. The second-order valence-corrected chi connectivity index (χ2v) is 6.63. The number of rotatable bonds is 4. The molecule has 142 valence electrons. The van der Waals surface area contributed by atoms with E-state index >= 15 is 0 Å². The maximum absolute atomic E-state index is 13.3. The summed E-state index contributed by atoms with van der Waals surface area (Å²) in [6.45, 7) is 2.49. The number of urea groups is 1. The lowest BCUT2D eigenvalue weighted by molar-refractivity contribution is -0.144. The first-order valence-electron chi connectivity index (χ1n) is 8.75. The van der Waals surface area contributed by atoms with Crippen molar-refractivity contribution in [3.05, 3.63) is 64.4 Å². The SMILES string of the molecule is CCOC(=O)CC1c2ccccc2CCN1C(=O)Nc1ccc(F)c(Cl)c1. The topological polar surface area (TPSA) is 58.6 Å². The number of fused-ring (bicyclic) bond motifs is 1. The van der Waals surface area contributed by atoms with Crippen molar-refractivity contribution >= 4 is 29.3 Å². The maximum Gasteiger partial charge on any atom is 0.322 e. The Labute approximate surface area is 162 Å². The first-order valence-corrected chi connectivity index (χ1v) is 9.13. The number of carbonyl (C=O) groups excluding carboxylic acids is 2. The Morgan fingerprint density at radius 1 is 1.30 bits per heavy atom. The number of nitrogens with zero attached hydrogens (tertiary/aromatic N) is 1. The van der Waals surface area contributed by atoms with Crippen molar-refractivity contribution in [2.75, 3.05) is 18.5 Å². The van der Waals surface area contributed by atoms with Gasteiger partial charge < -0.3 is 15.0 Å². The fourth-order valence-electron chi connectivity index (χ4n) is 3.26. The smallest absolute Gasteiger partial charge is 0.322 e. The standard InChI is InChI=1S/C20H20ClFN2O3/c1-2-27-19(25)12-18-15-6-4-3-5-13(15)9-10-24(18)20(26)23-14-7-8-17(22)16(21)11-14/h3-8,11,18H,2,9-10,12H2,1H3,(H,23,26). The highest BCUT2D eigenvalue weighted by Gasteiger charge is 2.32. The van der Waals surface area contributed by atoms with E-state index in [1.807, 2.05) is 24.3 Å². The van der Waals surface area contributed by atoms with Crippen LogP contribution in [-0.2, 0) is 16.0 Å². The van der Waals surface area contributed by atoms with Gasteiger partial charge >= 0.3 is 12.0 Å². The molecule has 0 saturated carbocycles. The summed E-state index contributed by atoms with van der Waals surface area (Å²) in [6, 6.07) is 10.9. The lowest BCUT2D eigenvalue weighted by Crippen LogP contribution is -2.43. The lowest BCUT2D eigenvalue weighted by atomic mass is 9.91. The van der Waals surface area contributed by atoms with Gasteiger partial charge in [0.2, 0.25) is 0 Å². The van der Waals surface area contributed by atoms with Crippen LogP contribution in [0.5, 0.6) is 0 Å². The third-order valence-electron chi connectivity index (χ3n) is 4.51. The molecule has 1 heterocycles. The molecule has 1 aliphatic heterocycles. The molecule has 0 aliphatic carbocycles. The second-order valence-electron chi connectivity index (χ2n) is 6.23. The molecule has 1 unspecified atom stereocenters. The molecule has 7 heteroatoms. The van der Waals surface area contributed by atoms with E-state index in [4.69, 9.17) is 16.3 Å². The Morgan fingerprint density at radius 3 is 2.81 bits per heavy atom. The zero-order valence-electron chi connectivity index (χ0n) is 14.9. The number of nitrogens with one attached hydrogen (secondary N) is 1. The number of amides is 2. The summed E-state index contributed by atoms with van der Waals surface area (Å²) in [5.74, 6) is -0.913. The van der Waals surface area contributed by atoms with Crippen LogP contribution >= 0.6 is 11.6 Å². The molecule has 0 radical (unpaired) electrons. The van der Waals surface area contributed by atoms with Crippen molar-refractivity contribution in [1.29, 1.82) is 0 Å². The van der Waals surface area contributed by atoms with E-state index in [9.17, 15) is 14.0 Å².